The normalized spacial score (nSPS) is 20.0. The lowest BCUT2D eigenvalue weighted by atomic mass is 10.4. The van der Waals surface area contributed by atoms with E-state index >= 15 is 0 Å². The first-order chi connectivity index (χ1) is 6.29. The summed E-state index contributed by atoms with van der Waals surface area (Å²) < 4.78 is 5.35. The van der Waals surface area contributed by atoms with Gasteiger partial charge in [0.05, 0.1) is 13.2 Å². The van der Waals surface area contributed by atoms with E-state index in [2.05, 4.69) is 0 Å². The zero-order valence-corrected chi connectivity index (χ0v) is 8.45. The Labute approximate surface area is 79.4 Å². The third-order valence-corrected chi connectivity index (χ3v) is 2.32. The second-order valence-electron chi connectivity index (χ2n) is 3.05. The number of carbonyl (C=O) groups is 1. The van der Waals surface area contributed by atoms with Gasteiger partial charge >= 0.3 is 6.03 Å². The van der Waals surface area contributed by atoms with Gasteiger partial charge < -0.3 is 14.5 Å². The van der Waals surface area contributed by atoms with Gasteiger partial charge in [0.1, 0.15) is 0 Å². The Morgan fingerprint density at radius 1 is 1.15 bits per heavy atom. The van der Waals surface area contributed by atoms with Crippen molar-refractivity contribution in [1.29, 1.82) is 0 Å². The van der Waals surface area contributed by atoms with Crippen molar-refractivity contribution in [3.8, 4) is 0 Å². The van der Waals surface area contributed by atoms with Gasteiger partial charge in [-0.3, -0.25) is 0 Å². The molecule has 0 radical (unpaired) electrons. The van der Waals surface area contributed by atoms with Crippen LogP contribution in [0.25, 0.3) is 0 Å². The Kier molecular flexibility index (Phi) is 4.02. The molecule has 0 N–H and O–H groups in total. The fourth-order valence-electron chi connectivity index (χ4n) is 1.43. The van der Waals surface area contributed by atoms with Crippen LogP contribution in [0.3, 0.4) is 0 Å². The Hall–Kier alpha value is -0.770. The molecule has 0 saturated carbocycles. The number of urea groups is 1. The second-order valence-corrected chi connectivity index (χ2v) is 3.05. The highest BCUT2D eigenvalue weighted by Gasteiger charge is 2.19. The monoisotopic (exact) mass is 186 g/mol. The number of hydrogen-bond acceptors (Lipinski definition) is 2. The molecule has 1 aliphatic rings. The van der Waals surface area contributed by atoms with Gasteiger partial charge in [-0.05, 0) is 13.8 Å². The number of nitrogens with zero attached hydrogens (tertiary/aromatic N) is 2. The zero-order chi connectivity index (χ0) is 9.68. The molecule has 0 aromatic rings. The lowest BCUT2D eigenvalue weighted by Crippen LogP contribution is -2.47. The van der Waals surface area contributed by atoms with Crippen LogP contribution in [0.15, 0.2) is 0 Å². The van der Waals surface area contributed by atoms with Gasteiger partial charge in [-0.1, -0.05) is 0 Å². The van der Waals surface area contributed by atoms with E-state index in [4.69, 9.17) is 4.74 Å². The summed E-state index contributed by atoms with van der Waals surface area (Å²) >= 11 is 0. The number of carbonyl (C=O) groups excluding carboxylic acids is 1. The SMILES string of the molecule is CCN1CCOCCN(CC)C1=O. The minimum absolute atomic E-state index is 0.147. The maximum absolute atomic E-state index is 11.8. The van der Waals surface area contributed by atoms with Gasteiger partial charge in [0.25, 0.3) is 0 Å². The molecule has 4 heteroatoms. The minimum Gasteiger partial charge on any atom is -0.378 e. The Morgan fingerprint density at radius 2 is 1.62 bits per heavy atom. The van der Waals surface area contributed by atoms with E-state index in [1.165, 1.54) is 0 Å². The summed E-state index contributed by atoms with van der Waals surface area (Å²) in [4.78, 5) is 15.4. The highest BCUT2D eigenvalue weighted by molar-refractivity contribution is 5.74. The molecule has 1 aliphatic heterocycles. The molecule has 0 aliphatic carbocycles. The van der Waals surface area contributed by atoms with E-state index in [0.717, 1.165) is 13.1 Å². The van der Waals surface area contributed by atoms with Crippen molar-refractivity contribution in [3.05, 3.63) is 0 Å². The third kappa shape index (κ3) is 2.59. The lowest BCUT2D eigenvalue weighted by molar-refractivity contribution is 0.0632. The van der Waals surface area contributed by atoms with Crippen molar-refractivity contribution in [2.45, 2.75) is 13.8 Å². The zero-order valence-electron chi connectivity index (χ0n) is 8.45. The standard InChI is InChI=1S/C9H18N2O2/c1-3-10-5-7-13-8-6-11(4-2)9(10)12/h3-8H2,1-2H3. The summed E-state index contributed by atoms with van der Waals surface area (Å²) in [5.74, 6) is 0. The van der Waals surface area contributed by atoms with E-state index in [-0.39, 0.29) is 6.03 Å². The summed E-state index contributed by atoms with van der Waals surface area (Å²) in [5, 5.41) is 0. The predicted molar refractivity (Wildman–Crippen MR) is 50.7 cm³/mol. The molecule has 0 spiro atoms. The molecular formula is C9H18N2O2. The Morgan fingerprint density at radius 3 is 2.00 bits per heavy atom. The van der Waals surface area contributed by atoms with E-state index in [1.54, 1.807) is 0 Å². The summed E-state index contributed by atoms with van der Waals surface area (Å²) in [6.07, 6.45) is 0. The van der Waals surface area contributed by atoms with Crippen LogP contribution in [-0.4, -0.2) is 55.2 Å². The van der Waals surface area contributed by atoms with Gasteiger partial charge in [0, 0.05) is 26.2 Å². The molecule has 0 aromatic carbocycles. The quantitative estimate of drug-likeness (QED) is 0.638. The second kappa shape index (κ2) is 5.07. The molecule has 0 bridgehead atoms. The summed E-state index contributed by atoms with van der Waals surface area (Å²) in [6.45, 7) is 8.27. The number of amides is 2. The molecular weight excluding hydrogens is 168 g/mol. The summed E-state index contributed by atoms with van der Waals surface area (Å²) in [7, 11) is 0. The first-order valence-electron chi connectivity index (χ1n) is 4.91. The molecule has 1 rings (SSSR count). The maximum Gasteiger partial charge on any atom is 0.320 e. The first kappa shape index (κ1) is 10.3. The Bertz CT molecular complexity index is 157. The van der Waals surface area contributed by atoms with Gasteiger partial charge in [-0.25, -0.2) is 4.79 Å². The van der Waals surface area contributed by atoms with Gasteiger partial charge in [0.15, 0.2) is 0 Å². The average Bonchev–Trinajstić information content (AvgIpc) is 2.13. The van der Waals surface area contributed by atoms with Crippen molar-refractivity contribution >= 4 is 6.03 Å². The van der Waals surface area contributed by atoms with Gasteiger partial charge in [-0.15, -0.1) is 0 Å². The highest BCUT2D eigenvalue weighted by Crippen LogP contribution is 2.02. The largest absolute Gasteiger partial charge is 0.378 e. The molecule has 0 unspecified atom stereocenters. The molecule has 2 amide bonds. The van der Waals surface area contributed by atoms with Crippen LogP contribution in [0.2, 0.25) is 0 Å². The number of hydrogen-bond donors (Lipinski definition) is 0. The third-order valence-electron chi connectivity index (χ3n) is 2.32. The molecule has 1 saturated heterocycles. The van der Waals surface area contributed by atoms with Crippen LogP contribution in [0.1, 0.15) is 13.8 Å². The van der Waals surface area contributed by atoms with E-state index in [9.17, 15) is 4.79 Å². The van der Waals surface area contributed by atoms with Crippen LogP contribution in [0.5, 0.6) is 0 Å². The summed E-state index contributed by atoms with van der Waals surface area (Å²) in [5.41, 5.74) is 0. The maximum atomic E-state index is 11.8. The molecule has 4 nitrogen and oxygen atoms in total. The van der Waals surface area contributed by atoms with Crippen molar-refractivity contribution in [3.63, 3.8) is 0 Å². The summed E-state index contributed by atoms with van der Waals surface area (Å²) in [6, 6.07) is 0.147. The lowest BCUT2D eigenvalue weighted by Gasteiger charge is -2.31. The number of likely N-dealkylation sites (N-methyl/N-ethyl adjacent to an activating group) is 2. The number of rotatable bonds is 2. The van der Waals surface area contributed by atoms with Crippen LogP contribution < -0.4 is 0 Å². The van der Waals surface area contributed by atoms with Crippen LogP contribution in [0.4, 0.5) is 4.79 Å². The fraction of sp³-hybridized carbons (Fsp3) is 0.889. The molecule has 0 aromatic heterocycles. The molecule has 1 heterocycles. The molecule has 0 atom stereocenters. The van der Waals surface area contributed by atoms with E-state index in [1.807, 2.05) is 23.6 Å². The van der Waals surface area contributed by atoms with Crippen molar-refractivity contribution in [1.82, 2.24) is 9.80 Å². The minimum atomic E-state index is 0.147. The average molecular weight is 186 g/mol. The fourth-order valence-corrected chi connectivity index (χ4v) is 1.43. The predicted octanol–water partition coefficient (Wildman–Crippen LogP) is 0.780. The van der Waals surface area contributed by atoms with E-state index in [0.29, 0.717) is 26.3 Å². The van der Waals surface area contributed by atoms with Crippen LogP contribution >= 0.6 is 0 Å². The van der Waals surface area contributed by atoms with Crippen molar-refractivity contribution in [2.24, 2.45) is 0 Å². The number of ether oxygens (including phenoxy) is 1. The van der Waals surface area contributed by atoms with Crippen LogP contribution in [-0.2, 0) is 4.74 Å². The highest BCUT2D eigenvalue weighted by atomic mass is 16.5. The smallest absolute Gasteiger partial charge is 0.320 e. The molecule has 1 fully saturated rings. The molecule has 13 heavy (non-hydrogen) atoms. The molecule has 76 valence electrons. The first-order valence-corrected chi connectivity index (χ1v) is 4.91. The van der Waals surface area contributed by atoms with Gasteiger partial charge in [-0.2, -0.15) is 0 Å². The van der Waals surface area contributed by atoms with Crippen molar-refractivity contribution < 1.29 is 9.53 Å². The van der Waals surface area contributed by atoms with E-state index < -0.39 is 0 Å². The van der Waals surface area contributed by atoms with Crippen LogP contribution in [0, 0.1) is 0 Å². The topological polar surface area (TPSA) is 32.8 Å². The van der Waals surface area contributed by atoms with Gasteiger partial charge in [0.2, 0.25) is 0 Å². The Balaban J connectivity index is 2.58. The van der Waals surface area contributed by atoms with Crippen molar-refractivity contribution in [2.75, 3.05) is 39.4 Å².